The molecular weight excluding hydrogens is 382 g/mol. The van der Waals surface area contributed by atoms with Crippen LogP contribution in [0.4, 0.5) is 5.69 Å². The third kappa shape index (κ3) is 4.52. The fourth-order valence-corrected chi connectivity index (χ4v) is 4.85. The zero-order valence-electron chi connectivity index (χ0n) is 19.0. The fourth-order valence-electron chi connectivity index (χ4n) is 4.85. The molecule has 0 atom stereocenters. The number of likely N-dealkylation sites (tertiary alicyclic amines) is 1. The Morgan fingerprint density at radius 3 is 2.58 bits per heavy atom. The third-order valence-corrected chi connectivity index (χ3v) is 6.54. The fraction of sp³-hybridized carbons (Fsp3) is 0.462. The van der Waals surface area contributed by atoms with Crippen LogP contribution >= 0.6 is 0 Å². The molecule has 5 nitrogen and oxygen atoms in total. The van der Waals surface area contributed by atoms with Crippen molar-refractivity contribution in [3.05, 3.63) is 53.4 Å². The van der Waals surface area contributed by atoms with E-state index < -0.39 is 0 Å². The highest BCUT2D eigenvalue weighted by Crippen LogP contribution is 2.33. The highest BCUT2D eigenvalue weighted by atomic mass is 15.2. The number of aryl methyl sites for hydroxylation is 1. The summed E-state index contributed by atoms with van der Waals surface area (Å²) in [5.41, 5.74) is 11.2. The zero-order chi connectivity index (χ0) is 21.8. The molecule has 2 saturated heterocycles. The number of anilines is 1. The Hall–Kier alpha value is -2.66. The van der Waals surface area contributed by atoms with E-state index in [1.807, 2.05) is 0 Å². The number of nitrogens with two attached hydrogens (primary N) is 1. The minimum atomic E-state index is 0.303. The van der Waals surface area contributed by atoms with Gasteiger partial charge in [0.15, 0.2) is 0 Å². The third-order valence-electron chi connectivity index (χ3n) is 6.54. The smallest absolute Gasteiger partial charge is 0.132 e. The van der Waals surface area contributed by atoms with Crippen molar-refractivity contribution in [3.8, 4) is 0 Å². The molecule has 164 valence electrons. The van der Waals surface area contributed by atoms with Gasteiger partial charge in [0, 0.05) is 48.9 Å². The number of nitrogens with zero attached hydrogens (tertiary/aromatic N) is 4. The number of piperidine rings is 2. The van der Waals surface area contributed by atoms with E-state index in [0.29, 0.717) is 6.04 Å². The molecule has 2 aromatic carbocycles. The van der Waals surface area contributed by atoms with Crippen LogP contribution in [0.2, 0.25) is 0 Å². The van der Waals surface area contributed by atoms with Gasteiger partial charge >= 0.3 is 0 Å². The largest absolute Gasteiger partial charge is 0.365 e. The quantitative estimate of drug-likeness (QED) is 0.727. The summed E-state index contributed by atoms with van der Waals surface area (Å²) in [7, 11) is 0. The van der Waals surface area contributed by atoms with Crippen molar-refractivity contribution in [2.45, 2.75) is 45.6 Å². The van der Waals surface area contributed by atoms with Crippen LogP contribution in [0.5, 0.6) is 0 Å². The van der Waals surface area contributed by atoms with Gasteiger partial charge in [0.05, 0.1) is 12.3 Å². The van der Waals surface area contributed by atoms with Crippen molar-refractivity contribution in [2.24, 2.45) is 15.7 Å². The lowest BCUT2D eigenvalue weighted by Gasteiger charge is -2.37. The monoisotopic (exact) mass is 417 g/mol. The van der Waals surface area contributed by atoms with Crippen LogP contribution in [0, 0.1) is 6.92 Å². The first-order valence-corrected chi connectivity index (χ1v) is 11.6. The second kappa shape index (κ2) is 9.65. The van der Waals surface area contributed by atoms with E-state index in [-0.39, 0.29) is 0 Å². The molecule has 0 unspecified atom stereocenters. The molecule has 2 N–H and O–H groups in total. The maximum atomic E-state index is 6.13. The topological polar surface area (TPSA) is 57.2 Å². The van der Waals surface area contributed by atoms with Gasteiger partial charge in [-0.25, -0.2) is 4.99 Å². The lowest BCUT2D eigenvalue weighted by atomic mass is 9.97. The number of fused-ring (bicyclic) bond motifs is 1. The maximum absolute atomic E-state index is 6.13. The molecule has 2 heterocycles. The summed E-state index contributed by atoms with van der Waals surface area (Å²) >= 11 is 0. The first-order valence-electron chi connectivity index (χ1n) is 11.6. The molecular formula is C26H35N5. The highest BCUT2D eigenvalue weighted by molar-refractivity contribution is 6.06. The van der Waals surface area contributed by atoms with E-state index in [0.717, 1.165) is 69.9 Å². The minimum absolute atomic E-state index is 0.303. The SMILES string of the molecule is C=N/C(=C1/CCN(c2cccc3cccc(C)c23)C/C1=N/CCC)N1CCC(N)CC1. The standard InChI is InChI=1S/C26H35N5/c1-4-14-29-23-18-31(24-10-6-9-20-8-5-7-19(2)25(20)24)17-13-22(23)26(28-3)30-15-11-21(27)12-16-30/h5-10,21H,3-4,11-18,27H2,1-2H3/b26-22+,29-23-. The van der Waals surface area contributed by atoms with Crippen LogP contribution < -0.4 is 10.6 Å². The second-order valence-electron chi connectivity index (χ2n) is 8.73. The number of hydrogen-bond acceptors (Lipinski definition) is 5. The molecule has 5 heteroatoms. The lowest BCUT2D eigenvalue weighted by molar-refractivity contribution is 0.260. The first kappa shape index (κ1) is 21.6. The van der Waals surface area contributed by atoms with E-state index in [1.54, 1.807) is 0 Å². The summed E-state index contributed by atoms with van der Waals surface area (Å²) < 4.78 is 0. The minimum Gasteiger partial charge on any atom is -0.365 e. The molecule has 4 rings (SSSR count). The Balaban J connectivity index is 1.69. The van der Waals surface area contributed by atoms with Crippen LogP contribution in [-0.4, -0.2) is 56.1 Å². The molecule has 0 spiro atoms. The van der Waals surface area contributed by atoms with Gasteiger partial charge < -0.3 is 15.5 Å². The first-order chi connectivity index (χ1) is 15.1. The second-order valence-corrected chi connectivity index (χ2v) is 8.73. The lowest BCUT2D eigenvalue weighted by Crippen LogP contribution is -2.42. The van der Waals surface area contributed by atoms with Crippen LogP contribution in [-0.2, 0) is 0 Å². The molecule has 31 heavy (non-hydrogen) atoms. The van der Waals surface area contributed by atoms with Crippen molar-refractivity contribution < 1.29 is 0 Å². The van der Waals surface area contributed by atoms with Gasteiger partial charge in [-0.2, -0.15) is 0 Å². The van der Waals surface area contributed by atoms with Gasteiger partial charge in [-0.05, 0) is 56.3 Å². The predicted molar refractivity (Wildman–Crippen MR) is 133 cm³/mol. The summed E-state index contributed by atoms with van der Waals surface area (Å²) in [6, 6.07) is 13.5. The molecule has 0 radical (unpaired) electrons. The van der Waals surface area contributed by atoms with Gasteiger partial charge in [-0.1, -0.05) is 37.3 Å². The number of hydrogen-bond donors (Lipinski definition) is 1. The van der Waals surface area contributed by atoms with E-state index in [2.05, 4.69) is 71.8 Å². The average Bonchev–Trinajstić information content (AvgIpc) is 2.80. The van der Waals surface area contributed by atoms with Gasteiger partial charge in [0.2, 0.25) is 0 Å². The molecule has 2 fully saturated rings. The summed E-state index contributed by atoms with van der Waals surface area (Å²) in [6.45, 7) is 12.8. The van der Waals surface area contributed by atoms with Crippen molar-refractivity contribution in [1.82, 2.24) is 4.90 Å². The predicted octanol–water partition coefficient (Wildman–Crippen LogP) is 4.54. The highest BCUT2D eigenvalue weighted by Gasteiger charge is 2.27. The van der Waals surface area contributed by atoms with Crippen LogP contribution in [0.1, 0.15) is 38.2 Å². The summed E-state index contributed by atoms with van der Waals surface area (Å²) in [6.07, 6.45) is 3.99. The zero-order valence-corrected chi connectivity index (χ0v) is 19.0. The van der Waals surface area contributed by atoms with Gasteiger partial charge in [-0.3, -0.25) is 4.99 Å². The molecule has 0 bridgehead atoms. The number of benzene rings is 2. The van der Waals surface area contributed by atoms with Crippen molar-refractivity contribution in [3.63, 3.8) is 0 Å². The van der Waals surface area contributed by atoms with Gasteiger partial charge in [-0.15, -0.1) is 0 Å². The van der Waals surface area contributed by atoms with Gasteiger partial charge in [0.25, 0.3) is 0 Å². The van der Waals surface area contributed by atoms with E-state index in [9.17, 15) is 0 Å². The van der Waals surface area contributed by atoms with Crippen molar-refractivity contribution in [1.29, 1.82) is 0 Å². The Morgan fingerprint density at radius 2 is 1.87 bits per heavy atom. The molecule has 0 saturated carbocycles. The number of rotatable bonds is 5. The molecule has 0 amide bonds. The normalized spacial score (nSPS) is 21.1. The van der Waals surface area contributed by atoms with Crippen LogP contribution in [0.25, 0.3) is 10.8 Å². The molecule has 0 aliphatic carbocycles. The van der Waals surface area contributed by atoms with Crippen molar-refractivity contribution >= 4 is 28.9 Å². The van der Waals surface area contributed by atoms with E-state index >= 15 is 0 Å². The van der Waals surface area contributed by atoms with E-state index in [4.69, 9.17) is 10.7 Å². The Morgan fingerprint density at radius 1 is 1.13 bits per heavy atom. The summed E-state index contributed by atoms with van der Waals surface area (Å²) in [5, 5.41) is 2.64. The molecule has 2 aliphatic heterocycles. The van der Waals surface area contributed by atoms with Crippen LogP contribution in [0.3, 0.4) is 0 Å². The van der Waals surface area contributed by atoms with Crippen LogP contribution in [0.15, 0.2) is 57.8 Å². The Kier molecular flexibility index (Phi) is 6.71. The summed E-state index contributed by atoms with van der Waals surface area (Å²) in [4.78, 5) is 14.4. The van der Waals surface area contributed by atoms with Gasteiger partial charge in [0.1, 0.15) is 5.82 Å². The average molecular weight is 418 g/mol. The molecule has 0 aromatic heterocycles. The summed E-state index contributed by atoms with van der Waals surface area (Å²) in [5.74, 6) is 1.02. The molecule has 2 aliphatic rings. The Labute approximate surface area is 186 Å². The Bertz CT molecular complexity index is 993. The number of aliphatic imine (C=N–C) groups is 2. The molecule has 2 aromatic rings. The maximum Gasteiger partial charge on any atom is 0.132 e. The van der Waals surface area contributed by atoms with Crippen molar-refractivity contribution in [2.75, 3.05) is 37.6 Å². The van der Waals surface area contributed by atoms with E-state index in [1.165, 1.54) is 27.6 Å².